The van der Waals surface area contributed by atoms with Crippen LogP contribution in [-0.4, -0.2) is 44.8 Å². The molecule has 27 heavy (non-hydrogen) atoms. The van der Waals surface area contributed by atoms with Gasteiger partial charge in [0.1, 0.15) is 6.10 Å². The average Bonchev–Trinajstić information content (AvgIpc) is 3.29. The summed E-state index contributed by atoms with van der Waals surface area (Å²) in [7, 11) is 0. The van der Waals surface area contributed by atoms with E-state index < -0.39 is 0 Å². The largest absolute Gasteiger partial charge is 0.472 e. The number of benzene rings is 1. The number of hydrogen-bond acceptors (Lipinski definition) is 4. The van der Waals surface area contributed by atoms with E-state index >= 15 is 0 Å². The van der Waals surface area contributed by atoms with Crippen LogP contribution in [0.2, 0.25) is 0 Å². The summed E-state index contributed by atoms with van der Waals surface area (Å²) < 4.78 is 7.75. The zero-order chi connectivity index (χ0) is 18.8. The SMILES string of the molecule is Cc1cccc(OC2CCN(C(=O)c3cnn(-c4ccccc4)c3C)C2)n1. The predicted octanol–water partition coefficient (Wildman–Crippen LogP) is 3.18. The minimum absolute atomic E-state index is 0.00187. The van der Waals surface area contributed by atoms with Crippen molar-refractivity contribution in [1.29, 1.82) is 0 Å². The van der Waals surface area contributed by atoms with Gasteiger partial charge in [0.05, 0.1) is 29.7 Å². The van der Waals surface area contributed by atoms with Crippen molar-refractivity contribution < 1.29 is 9.53 Å². The van der Waals surface area contributed by atoms with E-state index in [9.17, 15) is 4.79 Å². The van der Waals surface area contributed by atoms with Crippen molar-refractivity contribution >= 4 is 5.91 Å². The lowest BCUT2D eigenvalue weighted by molar-refractivity contribution is 0.0770. The number of aryl methyl sites for hydroxylation is 1. The minimum Gasteiger partial charge on any atom is -0.472 e. The third kappa shape index (κ3) is 3.56. The van der Waals surface area contributed by atoms with Crippen molar-refractivity contribution in [3.05, 3.63) is 71.7 Å². The molecule has 1 fully saturated rings. The van der Waals surface area contributed by atoms with Crippen molar-refractivity contribution in [1.82, 2.24) is 19.7 Å². The molecular formula is C21H22N4O2. The number of aromatic nitrogens is 3. The maximum absolute atomic E-state index is 13.0. The zero-order valence-electron chi connectivity index (χ0n) is 15.5. The van der Waals surface area contributed by atoms with Crippen molar-refractivity contribution in [3.63, 3.8) is 0 Å². The van der Waals surface area contributed by atoms with Crippen LogP contribution in [0.1, 0.15) is 28.2 Å². The van der Waals surface area contributed by atoms with Crippen LogP contribution in [0.25, 0.3) is 5.69 Å². The second-order valence-corrected chi connectivity index (χ2v) is 6.79. The van der Waals surface area contributed by atoms with E-state index in [1.807, 2.05) is 67.3 Å². The van der Waals surface area contributed by atoms with Gasteiger partial charge in [-0.1, -0.05) is 24.3 Å². The van der Waals surface area contributed by atoms with Crippen molar-refractivity contribution in [2.45, 2.75) is 26.4 Å². The molecular weight excluding hydrogens is 340 g/mol. The van der Waals surface area contributed by atoms with E-state index in [2.05, 4.69) is 10.1 Å². The first-order chi connectivity index (χ1) is 13.1. The topological polar surface area (TPSA) is 60.2 Å². The van der Waals surface area contributed by atoms with Crippen molar-refractivity contribution in [2.75, 3.05) is 13.1 Å². The number of ether oxygens (including phenoxy) is 1. The van der Waals surface area contributed by atoms with Gasteiger partial charge >= 0.3 is 0 Å². The maximum Gasteiger partial charge on any atom is 0.257 e. The highest BCUT2D eigenvalue weighted by Gasteiger charge is 2.30. The van der Waals surface area contributed by atoms with Crippen molar-refractivity contribution in [3.8, 4) is 11.6 Å². The van der Waals surface area contributed by atoms with Crippen LogP contribution in [-0.2, 0) is 0 Å². The molecule has 1 saturated heterocycles. The van der Waals surface area contributed by atoms with Crippen LogP contribution >= 0.6 is 0 Å². The van der Waals surface area contributed by atoms with Crippen LogP contribution in [0.5, 0.6) is 5.88 Å². The summed E-state index contributed by atoms with van der Waals surface area (Å²) in [6.07, 6.45) is 2.42. The van der Waals surface area contributed by atoms with Crippen LogP contribution in [0.3, 0.4) is 0 Å². The first-order valence-electron chi connectivity index (χ1n) is 9.11. The van der Waals surface area contributed by atoms with Gasteiger partial charge in [-0.2, -0.15) is 5.10 Å². The molecule has 138 valence electrons. The Balaban J connectivity index is 1.46. The number of hydrogen-bond donors (Lipinski definition) is 0. The average molecular weight is 362 g/mol. The van der Waals surface area contributed by atoms with Crippen LogP contribution < -0.4 is 4.74 Å². The summed E-state index contributed by atoms with van der Waals surface area (Å²) in [5, 5.41) is 4.40. The van der Waals surface area contributed by atoms with Crippen LogP contribution in [0.4, 0.5) is 0 Å². The molecule has 6 heteroatoms. The third-order valence-electron chi connectivity index (χ3n) is 4.82. The number of pyridine rings is 1. The number of para-hydroxylation sites is 1. The molecule has 0 spiro atoms. The minimum atomic E-state index is -0.0345. The Bertz CT molecular complexity index is 952. The van der Waals surface area contributed by atoms with Gasteiger partial charge in [-0.25, -0.2) is 9.67 Å². The third-order valence-corrected chi connectivity index (χ3v) is 4.82. The highest BCUT2D eigenvalue weighted by atomic mass is 16.5. The molecule has 6 nitrogen and oxygen atoms in total. The molecule has 1 amide bonds. The van der Waals surface area contributed by atoms with Gasteiger partial charge in [0.25, 0.3) is 5.91 Å². The highest BCUT2D eigenvalue weighted by molar-refractivity contribution is 5.95. The fourth-order valence-electron chi connectivity index (χ4n) is 3.38. The Morgan fingerprint density at radius 3 is 2.70 bits per heavy atom. The first kappa shape index (κ1) is 17.3. The first-order valence-corrected chi connectivity index (χ1v) is 9.11. The number of amides is 1. The summed E-state index contributed by atoms with van der Waals surface area (Å²) in [6.45, 7) is 5.09. The van der Waals surface area contributed by atoms with E-state index in [0.717, 1.165) is 23.5 Å². The van der Waals surface area contributed by atoms with Crippen molar-refractivity contribution in [2.24, 2.45) is 0 Å². The molecule has 1 aromatic carbocycles. The molecule has 1 aliphatic heterocycles. The molecule has 0 N–H and O–H groups in total. The Morgan fingerprint density at radius 2 is 1.93 bits per heavy atom. The quantitative estimate of drug-likeness (QED) is 0.715. The number of likely N-dealkylation sites (tertiary alicyclic amines) is 1. The molecule has 0 aliphatic carbocycles. The molecule has 0 saturated carbocycles. The monoisotopic (exact) mass is 362 g/mol. The Morgan fingerprint density at radius 1 is 1.11 bits per heavy atom. The second kappa shape index (κ2) is 7.23. The summed E-state index contributed by atoms with van der Waals surface area (Å²) in [6, 6.07) is 15.5. The number of carbonyl (C=O) groups excluding carboxylic acids is 1. The zero-order valence-corrected chi connectivity index (χ0v) is 15.5. The summed E-state index contributed by atoms with van der Waals surface area (Å²) in [5.41, 5.74) is 3.34. The summed E-state index contributed by atoms with van der Waals surface area (Å²) >= 11 is 0. The fraction of sp³-hybridized carbons (Fsp3) is 0.286. The fourth-order valence-corrected chi connectivity index (χ4v) is 3.38. The van der Waals surface area contributed by atoms with Gasteiger partial charge in [-0.3, -0.25) is 4.79 Å². The number of carbonyl (C=O) groups is 1. The van der Waals surface area contributed by atoms with Gasteiger partial charge in [-0.15, -0.1) is 0 Å². The van der Waals surface area contributed by atoms with E-state index in [1.54, 1.807) is 10.9 Å². The normalized spacial score (nSPS) is 16.5. The molecule has 4 rings (SSSR count). The second-order valence-electron chi connectivity index (χ2n) is 6.79. The molecule has 1 unspecified atom stereocenters. The molecule has 3 heterocycles. The van der Waals surface area contributed by atoms with Crippen LogP contribution in [0, 0.1) is 13.8 Å². The van der Waals surface area contributed by atoms with Gasteiger partial charge in [0, 0.05) is 24.7 Å². The molecule has 1 atom stereocenters. The molecule has 2 aromatic heterocycles. The van der Waals surface area contributed by atoms with E-state index in [4.69, 9.17) is 4.74 Å². The lowest BCUT2D eigenvalue weighted by atomic mass is 10.2. The van der Waals surface area contributed by atoms with Gasteiger partial charge in [-0.05, 0) is 32.0 Å². The molecule has 3 aromatic rings. The maximum atomic E-state index is 13.0. The lowest BCUT2D eigenvalue weighted by Crippen LogP contribution is -2.31. The predicted molar refractivity (Wildman–Crippen MR) is 102 cm³/mol. The summed E-state index contributed by atoms with van der Waals surface area (Å²) in [4.78, 5) is 19.2. The molecule has 0 bridgehead atoms. The van der Waals surface area contributed by atoms with Gasteiger partial charge in [0.15, 0.2) is 0 Å². The van der Waals surface area contributed by atoms with Gasteiger partial charge in [0.2, 0.25) is 5.88 Å². The van der Waals surface area contributed by atoms with E-state index in [1.165, 1.54) is 0 Å². The smallest absolute Gasteiger partial charge is 0.257 e. The highest BCUT2D eigenvalue weighted by Crippen LogP contribution is 2.21. The summed E-state index contributed by atoms with van der Waals surface area (Å²) in [5.74, 6) is 0.611. The number of rotatable bonds is 4. The van der Waals surface area contributed by atoms with E-state index in [-0.39, 0.29) is 12.0 Å². The Kier molecular flexibility index (Phi) is 4.62. The van der Waals surface area contributed by atoms with Crippen LogP contribution in [0.15, 0.2) is 54.7 Å². The Labute approximate surface area is 158 Å². The molecule has 1 aliphatic rings. The lowest BCUT2D eigenvalue weighted by Gasteiger charge is -2.17. The molecule has 0 radical (unpaired) electrons. The number of nitrogens with zero attached hydrogens (tertiary/aromatic N) is 4. The Hall–Kier alpha value is -3.15. The standard InChI is InChI=1S/C21H22N4O2/c1-15-7-6-10-20(23-15)27-18-11-12-24(14-18)21(26)19-13-22-25(16(19)2)17-8-4-3-5-9-17/h3-10,13,18H,11-12,14H2,1-2H3. The van der Waals surface area contributed by atoms with Gasteiger partial charge < -0.3 is 9.64 Å². The van der Waals surface area contributed by atoms with E-state index in [0.29, 0.717) is 24.5 Å².